The molecule has 1 nitrogen and oxygen atoms in total. The largest absolute Gasteiger partial charge is 0.309 e. The molecule has 0 N–H and O–H groups in total. The van der Waals surface area contributed by atoms with Crippen LogP contribution in [0.1, 0.15) is 44.5 Å². The highest BCUT2D eigenvalue weighted by Gasteiger charge is 2.60. The topological polar surface area (TPSA) is 4.93 Å². The van der Waals surface area contributed by atoms with E-state index < -0.39 is 10.8 Å². The molecule has 1 spiro atoms. The standard InChI is InChI=1S/C56H35N/c1-3-17-37(18-4-1)55-46-27-10-7-22-41(46)45-26-16-31-50(54(45)55)56(49-30-13-12-29-48(49)55)47-28-11-8-21-40(47)44-25-15-24-39(53(44)56)36-33-34-43-42-23-9-14-32-51(42)57(52(43)35-36)38-19-5-2-6-20-38/h1-35H. The molecule has 0 aliphatic heterocycles. The number of para-hydroxylation sites is 2. The van der Waals surface area contributed by atoms with Crippen molar-refractivity contribution in [2.75, 3.05) is 0 Å². The second kappa shape index (κ2) is 11.2. The zero-order valence-electron chi connectivity index (χ0n) is 31.2. The van der Waals surface area contributed by atoms with Crippen LogP contribution in [0.15, 0.2) is 212 Å². The highest BCUT2D eigenvalue weighted by atomic mass is 15.0. The van der Waals surface area contributed by atoms with Gasteiger partial charge < -0.3 is 4.57 Å². The summed E-state index contributed by atoms with van der Waals surface area (Å²) in [6.45, 7) is 0. The predicted molar refractivity (Wildman–Crippen MR) is 234 cm³/mol. The Bertz CT molecular complexity index is 3300. The zero-order valence-corrected chi connectivity index (χ0v) is 31.2. The minimum Gasteiger partial charge on any atom is -0.309 e. The number of hydrogen-bond donors (Lipinski definition) is 0. The molecular weight excluding hydrogens is 687 g/mol. The van der Waals surface area contributed by atoms with Crippen LogP contribution in [0.2, 0.25) is 0 Å². The van der Waals surface area contributed by atoms with Gasteiger partial charge in [0.05, 0.1) is 21.9 Å². The van der Waals surface area contributed by atoms with Gasteiger partial charge in [-0.25, -0.2) is 0 Å². The van der Waals surface area contributed by atoms with Crippen LogP contribution in [0.4, 0.5) is 0 Å². The third kappa shape index (κ3) is 3.70. The fourth-order valence-electron chi connectivity index (χ4n) is 11.5. The van der Waals surface area contributed by atoms with Crippen molar-refractivity contribution < 1.29 is 0 Å². The molecule has 0 radical (unpaired) electrons. The van der Waals surface area contributed by atoms with Crippen LogP contribution in [0.5, 0.6) is 0 Å². The lowest BCUT2D eigenvalue weighted by atomic mass is 9.52. The van der Waals surface area contributed by atoms with E-state index in [0.717, 1.165) is 0 Å². The first-order chi connectivity index (χ1) is 28.3. The van der Waals surface area contributed by atoms with E-state index >= 15 is 0 Å². The summed E-state index contributed by atoms with van der Waals surface area (Å²) in [6, 6.07) is 80.0. The SMILES string of the molecule is c1ccc(-n2c3ccccc3c3ccc(-c4cccc5c4C4(c6ccccc6-5)c5ccccc5C5(c6ccccc6)c6ccccc6-c6cccc4c65)cc32)cc1. The third-order valence-electron chi connectivity index (χ3n) is 13.5. The minimum absolute atomic E-state index is 0.464. The Labute approximate surface area is 331 Å². The van der Waals surface area contributed by atoms with Gasteiger partial charge in [0, 0.05) is 16.5 Å². The van der Waals surface area contributed by atoms with Crippen molar-refractivity contribution in [3.05, 3.63) is 257 Å². The van der Waals surface area contributed by atoms with E-state index in [-0.39, 0.29) is 0 Å². The van der Waals surface area contributed by atoms with Gasteiger partial charge in [0.1, 0.15) is 0 Å². The molecule has 1 heteroatoms. The number of fused-ring (bicyclic) bond motifs is 15. The number of nitrogens with zero attached hydrogens (tertiary/aromatic N) is 1. The Morgan fingerprint density at radius 2 is 0.807 bits per heavy atom. The molecule has 0 amide bonds. The molecule has 57 heavy (non-hydrogen) atoms. The van der Waals surface area contributed by atoms with Gasteiger partial charge in [0.15, 0.2) is 0 Å². The summed E-state index contributed by atoms with van der Waals surface area (Å²) >= 11 is 0. The van der Waals surface area contributed by atoms with Gasteiger partial charge in [0.25, 0.3) is 0 Å². The summed E-state index contributed by atoms with van der Waals surface area (Å²) in [5.41, 5.74) is 21.2. The Kier molecular flexibility index (Phi) is 6.09. The quantitative estimate of drug-likeness (QED) is 0.171. The molecule has 1 aromatic heterocycles. The zero-order chi connectivity index (χ0) is 37.3. The Morgan fingerprint density at radius 1 is 0.298 bits per heavy atom. The molecule has 9 aromatic carbocycles. The van der Waals surface area contributed by atoms with Crippen molar-refractivity contribution in [3.8, 4) is 39.1 Å². The normalized spacial score (nSPS) is 18.0. The lowest BCUT2D eigenvalue weighted by Gasteiger charge is -2.48. The van der Waals surface area contributed by atoms with Gasteiger partial charge in [-0.1, -0.05) is 188 Å². The lowest BCUT2D eigenvalue weighted by Crippen LogP contribution is -2.43. The maximum atomic E-state index is 2.46. The molecule has 13 rings (SSSR count). The molecule has 3 aliphatic carbocycles. The summed E-state index contributed by atoms with van der Waals surface area (Å²) in [7, 11) is 0. The lowest BCUT2D eigenvalue weighted by molar-refractivity contribution is 0.637. The molecule has 0 fully saturated rings. The van der Waals surface area contributed by atoms with Crippen molar-refractivity contribution >= 4 is 21.8 Å². The highest BCUT2D eigenvalue weighted by Crippen LogP contribution is 2.69. The van der Waals surface area contributed by atoms with Crippen LogP contribution in [-0.4, -0.2) is 4.57 Å². The van der Waals surface area contributed by atoms with E-state index in [1.54, 1.807) is 0 Å². The van der Waals surface area contributed by atoms with E-state index in [1.807, 2.05) is 0 Å². The van der Waals surface area contributed by atoms with Crippen LogP contribution in [0, 0.1) is 0 Å². The number of benzene rings is 9. The number of hydrogen-bond acceptors (Lipinski definition) is 0. The second-order valence-electron chi connectivity index (χ2n) is 15.9. The molecule has 2 unspecified atom stereocenters. The fourth-order valence-corrected chi connectivity index (χ4v) is 11.5. The summed E-state index contributed by atoms with van der Waals surface area (Å²) in [5.74, 6) is 0. The summed E-state index contributed by atoms with van der Waals surface area (Å²) in [5, 5.41) is 2.53. The van der Waals surface area contributed by atoms with Gasteiger partial charge in [-0.3, -0.25) is 0 Å². The van der Waals surface area contributed by atoms with Crippen LogP contribution < -0.4 is 0 Å². The number of aromatic nitrogens is 1. The Hall–Kier alpha value is -7.22. The van der Waals surface area contributed by atoms with Gasteiger partial charge in [-0.15, -0.1) is 0 Å². The second-order valence-corrected chi connectivity index (χ2v) is 15.9. The summed E-state index contributed by atoms with van der Waals surface area (Å²) < 4.78 is 2.44. The minimum atomic E-state index is -0.564. The summed E-state index contributed by atoms with van der Waals surface area (Å²) in [6.07, 6.45) is 0. The van der Waals surface area contributed by atoms with Gasteiger partial charge in [-0.2, -0.15) is 0 Å². The van der Waals surface area contributed by atoms with Gasteiger partial charge in [0.2, 0.25) is 0 Å². The van der Waals surface area contributed by atoms with Crippen molar-refractivity contribution in [3.63, 3.8) is 0 Å². The van der Waals surface area contributed by atoms with Crippen molar-refractivity contribution in [2.45, 2.75) is 10.8 Å². The molecule has 3 aliphatic rings. The van der Waals surface area contributed by atoms with Gasteiger partial charge >= 0.3 is 0 Å². The van der Waals surface area contributed by atoms with Crippen LogP contribution in [0.25, 0.3) is 60.9 Å². The maximum Gasteiger partial charge on any atom is 0.0726 e. The highest BCUT2D eigenvalue weighted by molar-refractivity contribution is 6.10. The van der Waals surface area contributed by atoms with E-state index in [9.17, 15) is 0 Å². The molecule has 2 atom stereocenters. The number of rotatable bonds is 3. The first-order valence-corrected chi connectivity index (χ1v) is 20.0. The Morgan fingerprint density at radius 3 is 1.56 bits per heavy atom. The van der Waals surface area contributed by atoms with Crippen LogP contribution in [0.3, 0.4) is 0 Å². The van der Waals surface area contributed by atoms with Crippen LogP contribution in [-0.2, 0) is 10.8 Å². The average molecular weight is 722 g/mol. The fraction of sp³-hybridized carbons (Fsp3) is 0.0357. The predicted octanol–water partition coefficient (Wildman–Crippen LogP) is 13.5. The van der Waals surface area contributed by atoms with E-state index in [1.165, 1.54) is 105 Å². The summed E-state index contributed by atoms with van der Waals surface area (Å²) in [4.78, 5) is 0. The van der Waals surface area contributed by atoms with Gasteiger partial charge in [-0.05, 0) is 102 Å². The van der Waals surface area contributed by atoms with Crippen molar-refractivity contribution in [2.24, 2.45) is 0 Å². The third-order valence-corrected chi connectivity index (χ3v) is 13.5. The first kappa shape index (κ1) is 31.0. The molecule has 1 heterocycles. The van der Waals surface area contributed by atoms with E-state index in [2.05, 4.69) is 217 Å². The van der Waals surface area contributed by atoms with Crippen molar-refractivity contribution in [1.29, 1.82) is 0 Å². The maximum absolute atomic E-state index is 2.46. The molecule has 0 saturated heterocycles. The molecule has 264 valence electrons. The molecule has 0 bridgehead atoms. The smallest absolute Gasteiger partial charge is 0.0726 e. The molecule has 10 aromatic rings. The first-order valence-electron chi connectivity index (χ1n) is 20.0. The van der Waals surface area contributed by atoms with Crippen LogP contribution >= 0.6 is 0 Å². The van der Waals surface area contributed by atoms with E-state index in [4.69, 9.17) is 0 Å². The average Bonchev–Trinajstić information content (AvgIpc) is 3.90. The Balaban J connectivity index is 1.18. The monoisotopic (exact) mass is 721 g/mol. The van der Waals surface area contributed by atoms with Crippen molar-refractivity contribution in [1.82, 2.24) is 4.57 Å². The van der Waals surface area contributed by atoms with E-state index in [0.29, 0.717) is 0 Å². The molecular formula is C56H35N. The molecule has 0 saturated carbocycles.